The van der Waals surface area contributed by atoms with Gasteiger partial charge in [-0.1, -0.05) is 18.2 Å². The average Bonchev–Trinajstić information content (AvgIpc) is 2.99. The normalized spacial score (nSPS) is 11.4. The molecule has 4 nitrogen and oxygen atoms in total. The van der Waals surface area contributed by atoms with Gasteiger partial charge in [-0.3, -0.25) is 0 Å². The zero-order chi connectivity index (χ0) is 15.6. The molecule has 0 amide bonds. The molecule has 0 aliphatic heterocycles. The molecule has 8 heteroatoms. The number of halogens is 3. The van der Waals surface area contributed by atoms with Crippen molar-refractivity contribution >= 4 is 11.3 Å². The number of hydrogen-bond donors (Lipinski definition) is 0. The standard InChI is InChI=1S/C14H8F3N3OS/c15-14(16,17)10-8-22-13(19-10)12-18-7-6-11(20-12)21-9-4-2-1-3-5-9/h1-8H. The molecule has 3 aromatic rings. The van der Waals surface area contributed by atoms with E-state index >= 15 is 0 Å². The van der Waals surface area contributed by atoms with Crippen molar-refractivity contribution in [1.82, 2.24) is 15.0 Å². The van der Waals surface area contributed by atoms with E-state index in [-0.39, 0.29) is 16.7 Å². The van der Waals surface area contributed by atoms with Crippen LogP contribution in [0.2, 0.25) is 0 Å². The SMILES string of the molecule is FC(F)(F)c1csc(-c2nccc(Oc3ccccc3)n2)n1. The summed E-state index contributed by atoms with van der Waals surface area (Å²) in [5.41, 5.74) is -0.953. The number of hydrogen-bond acceptors (Lipinski definition) is 5. The average molecular weight is 323 g/mol. The lowest BCUT2D eigenvalue weighted by Gasteiger charge is -2.04. The van der Waals surface area contributed by atoms with Crippen molar-refractivity contribution < 1.29 is 17.9 Å². The van der Waals surface area contributed by atoms with Crippen LogP contribution < -0.4 is 4.74 Å². The maximum atomic E-state index is 12.6. The molecule has 112 valence electrons. The molecule has 0 aliphatic rings. The van der Waals surface area contributed by atoms with Gasteiger partial charge in [-0.15, -0.1) is 11.3 Å². The quantitative estimate of drug-likeness (QED) is 0.716. The Morgan fingerprint density at radius 2 is 1.77 bits per heavy atom. The van der Waals surface area contributed by atoms with Gasteiger partial charge in [0.05, 0.1) is 0 Å². The van der Waals surface area contributed by atoms with Gasteiger partial charge in [-0.2, -0.15) is 18.2 Å². The number of ether oxygens (including phenoxy) is 1. The highest BCUT2D eigenvalue weighted by molar-refractivity contribution is 7.13. The van der Waals surface area contributed by atoms with Crippen molar-refractivity contribution in [3.05, 3.63) is 53.7 Å². The Bertz CT molecular complexity index is 774. The van der Waals surface area contributed by atoms with Gasteiger partial charge < -0.3 is 4.74 Å². The van der Waals surface area contributed by atoms with Crippen molar-refractivity contribution in [2.45, 2.75) is 6.18 Å². The van der Waals surface area contributed by atoms with E-state index in [0.29, 0.717) is 5.75 Å². The Morgan fingerprint density at radius 1 is 1.00 bits per heavy atom. The maximum Gasteiger partial charge on any atom is 0.434 e. The van der Waals surface area contributed by atoms with Crippen molar-refractivity contribution in [3.8, 4) is 22.5 Å². The summed E-state index contributed by atoms with van der Waals surface area (Å²) in [6, 6.07) is 10.4. The molecule has 0 aliphatic carbocycles. The second-order valence-electron chi connectivity index (χ2n) is 4.17. The summed E-state index contributed by atoms with van der Waals surface area (Å²) in [7, 11) is 0. The Kier molecular flexibility index (Phi) is 3.76. The van der Waals surface area contributed by atoms with Crippen LogP contribution in [0.3, 0.4) is 0 Å². The van der Waals surface area contributed by atoms with Gasteiger partial charge in [0.25, 0.3) is 0 Å². The molecule has 0 spiro atoms. The molecule has 0 fully saturated rings. The van der Waals surface area contributed by atoms with Crippen LogP contribution in [0.5, 0.6) is 11.6 Å². The second-order valence-corrected chi connectivity index (χ2v) is 5.03. The first-order valence-corrected chi connectivity index (χ1v) is 6.99. The fourth-order valence-electron chi connectivity index (χ4n) is 1.62. The van der Waals surface area contributed by atoms with Crippen molar-refractivity contribution in [2.24, 2.45) is 0 Å². The number of rotatable bonds is 3. The first-order valence-electron chi connectivity index (χ1n) is 6.11. The third-order valence-corrected chi connectivity index (χ3v) is 3.42. The topological polar surface area (TPSA) is 47.9 Å². The molecule has 2 aromatic heterocycles. The molecule has 0 N–H and O–H groups in total. The van der Waals surface area contributed by atoms with Gasteiger partial charge in [0, 0.05) is 17.6 Å². The van der Waals surface area contributed by atoms with Crippen molar-refractivity contribution in [3.63, 3.8) is 0 Å². The van der Waals surface area contributed by atoms with Crippen LogP contribution >= 0.6 is 11.3 Å². The molecule has 0 saturated carbocycles. The first kappa shape index (κ1) is 14.5. The minimum Gasteiger partial charge on any atom is -0.439 e. The Balaban J connectivity index is 1.86. The van der Waals surface area contributed by atoms with Crippen LogP contribution in [0.1, 0.15) is 5.69 Å². The van der Waals surface area contributed by atoms with Gasteiger partial charge in [0.1, 0.15) is 5.75 Å². The smallest absolute Gasteiger partial charge is 0.434 e. The minimum absolute atomic E-state index is 0.0887. The predicted molar refractivity (Wildman–Crippen MR) is 74.7 cm³/mol. The first-order chi connectivity index (χ1) is 10.5. The summed E-state index contributed by atoms with van der Waals surface area (Å²) >= 11 is 0.833. The Hall–Kier alpha value is -2.48. The van der Waals surface area contributed by atoms with Crippen LogP contribution in [0.25, 0.3) is 10.8 Å². The van der Waals surface area contributed by atoms with Crippen LogP contribution in [-0.4, -0.2) is 15.0 Å². The number of thiazole rings is 1. The van der Waals surface area contributed by atoms with E-state index in [2.05, 4.69) is 15.0 Å². The molecule has 0 atom stereocenters. The number of para-hydroxylation sites is 1. The van der Waals surface area contributed by atoms with E-state index < -0.39 is 11.9 Å². The van der Waals surface area contributed by atoms with Gasteiger partial charge in [-0.25, -0.2) is 9.97 Å². The van der Waals surface area contributed by atoms with Crippen LogP contribution in [0, 0.1) is 0 Å². The monoisotopic (exact) mass is 323 g/mol. The largest absolute Gasteiger partial charge is 0.439 e. The number of aromatic nitrogens is 3. The van der Waals surface area contributed by atoms with E-state index in [4.69, 9.17) is 4.74 Å². The summed E-state index contributed by atoms with van der Waals surface area (Å²) in [4.78, 5) is 11.5. The lowest BCUT2D eigenvalue weighted by atomic mass is 10.3. The van der Waals surface area contributed by atoms with Gasteiger partial charge in [-0.05, 0) is 12.1 Å². The molecule has 0 bridgehead atoms. The Labute approximate surface area is 127 Å². The number of benzene rings is 1. The lowest BCUT2D eigenvalue weighted by Crippen LogP contribution is -2.05. The highest BCUT2D eigenvalue weighted by Gasteiger charge is 2.34. The summed E-state index contributed by atoms with van der Waals surface area (Å²) < 4.78 is 43.2. The van der Waals surface area contributed by atoms with Gasteiger partial charge in [0.15, 0.2) is 16.5 Å². The summed E-state index contributed by atoms with van der Waals surface area (Å²) in [5, 5.41) is 1.02. The van der Waals surface area contributed by atoms with Gasteiger partial charge in [0.2, 0.25) is 5.88 Å². The van der Waals surface area contributed by atoms with E-state index in [1.807, 2.05) is 6.07 Å². The van der Waals surface area contributed by atoms with Crippen LogP contribution in [-0.2, 0) is 6.18 Å². The highest BCUT2D eigenvalue weighted by Crippen LogP contribution is 2.33. The molecular formula is C14H8F3N3OS. The fraction of sp³-hybridized carbons (Fsp3) is 0.0714. The molecule has 0 unspecified atom stereocenters. The molecule has 3 rings (SSSR count). The van der Waals surface area contributed by atoms with E-state index in [9.17, 15) is 13.2 Å². The van der Waals surface area contributed by atoms with Gasteiger partial charge >= 0.3 is 6.18 Å². The zero-order valence-corrected chi connectivity index (χ0v) is 11.7. The molecule has 0 saturated heterocycles. The fourth-order valence-corrected chi connectivity index (χ4v) is 2.38. The van der Waals surface area contributed by atoms with Crippen molar-refractivity contribution in [2.75, 3.05) is 0 Å². The Morgan fingerprint density at radius 3 is 2.45 bits per heavy atom. The van der Waals surface area contributed by atoms with Crippen LogP contribution in [0.4, 0.5) is 13.2 Å². The second kappa shape index (κ2) is 5.72. The summed E-state index contributed by atoms with van der Waals surface area (Å²) in [5.74, 6) is 0.899. The summed E-state index contributed by atoms with van der Waals surface area (Å²) in [6.45, 7) is 0. The third kappa shape index (κ3) is 3.22. The molecule has 22 heavy (non-hydrogen) atoms. The van der Waals surface area contributed by atoms with E-state index in [1.54, 1.807) is 24.3 Å². The third-order valence-electron chi connectivity index (χ3n) is 2.58. The molecule has 0 radical (unpaired) electrons. The van der Waals surface area contributed by atoms with E-state index in [0.717, 1.165) is 16.7 Å². The molecular weight excluding hydrogens is 315 g/mol. The maximum absolute atomic E-state index is 12.6. The number of alkyl halides is 3. The minimum atomic E-state index is -4.48. The predicted octanol–water partition coefficient (Wildman–Crippen LogP) is 4.41. The summed E-state index contributed by atoms with van der Waals surface area (Å²) in [6.07, 6.45) is -3.07. The lowest BCUT2D eigenvalue weighted by molar-refractivity contribution is -0.140. The molecule has 1 aromatic carbocycles. The highest BCUT2D eigenvalue weighted by atomic mass is 32.1. The van der Waals surface area contributed by atoms with Crippen molar-refractivity contribution in [1.29, 1.82) is 0 Å². The zero-order valence-electron chi connectivity index (χ0n) is 10.9. The molecule has 2 heterocycles. The number of nitrogens with zero attached hydrogens (tertiary/aromatic N) is 3. The van der Waals surface area contributed by atoms with E-state index in [1.165, 1.54) is 12.3 Å². The van der Waals surface area contributed by atoms with Crippen LogP contribution in [0.15, 0.2) is 48.0 Å².